The van der Waals surface area contributed by atoms with Gasteiger partial charge in [-0.15, -0.1) is 11.3 Å². The number of nitrogens with zero attached hydrogens (tertiary/aromatic N) is 3. The topological polar surface area (TPSA) is 126 Å². The lowest BCUT2D eigenvalue weighted by atomic mass is 10.1. The number of hydrogen-bond acceptors (Lipinski definition) is 7. The average Bonchev–Trinajstić information content (AvgIpc) is 3.41. The molecule has 0 saturated carbocycles. The Morgan fingerprint density at radius 3 is 2.42 bits per heavy atom. The van der Waals surface area contributed by atoms with E-state index in [9.17, 15) is 31.5 Å². The minimum atomic E-state index is -4.82. The monoisotopic (exact) mass is 607 g/mol. The van der Waals surface area contributed by atoms with Gasteiger partial charge in [0.15, 0.2) is 11.3 Å². The van der Waals surface area contributed by atoms with Crippen molar-refractivity contribution < 1.29 is 31.5 Å². The van der Waals surface area contributed by atoms with Gasteiger partial charge in [0.1, 0.15) is 14.1 Å². The van der Waals surface area contributed by atoms with Gasteiger partial charge in [-0.05, 0) is 38.1 Å². The van der Waals surface area contributed by atoms with E-state index in [2.05, 4.69) is 20.1 Å². The Labute approximate surface area is 228 Å². The highest BCUT2D eigenvalue weighted by atomic mass is 35.5. The van der Waals surface area contributed by atoms with Gasteiger partial charge >= 0.3 is 6.18 Å². The number of aliphatic hydroxyl groups excluding tert-OH is 1. The minimum Gasteiger partial charge on any atom is -0.394 e. The fourth-order valence-electron chi connectivity index (χ4n) is 3.29. The van der Waals surface area contributed by atoms with Crippen molar-refractivity contribution >= 4 is 61.8 Å². The summed E-state index contributed by atoms with van der Waals surface area (Å²) >= 11 is 12.7. The number of benzene rings is 1. The van der Waals surface area contributed by atoms with Gasteiger partial charge in [0.05, 0.1) is 29.7 Å². The number of hydrogen-bond donors (Lipinski definition) is 3. The number of sulfonamides is 1. The Morgan fingerprint density at radius 2 is 1.82 bits per heavy atom. The van der Waals surface area contributed by atoms with Crippen molar-refractivity contribution in [2.24, 2.45) is 0 Å². The smallest absolute Gasteiger partial charge is 0.394 e. The Kier molecular flexibility index (Phi) is 7.51. The second kappa shape index (κ2) is 10.1. The third kappa shape index (κ3) is 5.80. The highest BCUT2D eigenvalue weighted by Gasteiger charge is 2.36. The van der Waals surface area contributed by atoms with Crippen LogP contribution >= 0.6 is 34.5 Å². The molecule has 9 nitrogen and oxygen atoms in total. The van der Waals surface area contributed by atoms with E-state index in [0.29, 0.717) is 26.4 Å². The summed E-state index contributed by atoms with van der Waals surface area (Å²) in [7, 11) is -4.11. The molecule has 3 aromatic heterocycles. The first kappa shape index (κ1) is 28.3. The lowest BCUT2D eigenvalue weighted by Gasteiger charge is -2.22. The molecule has 4 aromatic rings. The first-order valence-electron chi connectivity index (χ1n) is 10.6. The van der Waals surface area contributed by atoms with Crippen LogP contribution in [0.2, 0.25) is 9.36 Å². The fourth-order valence-corrected chi connectivity index (χ4v) is 6.46. The minimum absolute atomic E-state index is 0.0736. The second-order valence-electron chi connectivity index (χ2n) is 8.68. The van der Waals surface area contributed by atoms with Gasteiger partial charge in [-0.3, -0.25) is 4.79 Å². The molecule has 0 fully saturated rings. The number of halogens is 5. The van der Waals surface area contributed by atoms with Crippen molar-refractivity contribution in [3.8, 4) is 11.3 Å². The maximum atomic E-state index is 13.8. The summed E-state index contributed by atoms with van der Waals surface area (Å²) < 4.78 is 69.3. The number of aromatic nitrogens is 3. The van der Waals surface area contributed by atoms with Gasteiger partial charge < -0.3 is 10.4 Å². The molecule has 16 heteroatoms. The van der Waals surface area contributed by atoms with Crippen LogP contribution in [0.15, 0.2) is 46.8 Å². The zero-order valence-corrected chi connectivity index (χ0v) is 22.6. The quantitative estimate of drug-likeness (QED) is 0.269. The molecular formula is C22H18Cl2F3N5O4S2. The van der Waals surface area contributed by atoms with Crippen molar-refractivity contribution in [3.05, 3.63) is 63.2 Å². The number of anilines is 1. The first-order chi connectivity index (χ1) is 17.6. The standard InChI is InChI=1S/C22H18Cl2F3N5O4S2/c1-21(2,10-33)31-38(35,36)17-8-15(18(24)37-17)30-20(34)13-9-28-32-16(22(25,26)27)7-14(29-19(13)32)11-3-5-12(23)6-4-11/h3-9,31,33H,10H2,1-2H3,(H,30,34). The molecule has 0 bridgehead atoms. The fraction of sp³-hybridized carbons (Fsp3) is 0.227. The average molecular weight is 608 g/mol. The number of nitrogens with one attached hydrogen (secondary N) is 2. The molecule has 4 rings (SSSR count). The maximum Gasteiger partial charge on any atom is 0.433 e. The zero-order chi connectivity index (χ0) is 28.0. The van der Waals surface area contributed by atoms with Crippen LogP contribution < -0.4 is 10.0 Å². The predicted molar refractivity (Wildman–Crippen MR) is 137 cm³/mol. The van der Waals surface area contributed by atoms with Crippen LogP contribution in [-0.4, -0.2) is 46.2 Å². The molecule has 202 valence electrons. The number of rotatable bonds is 7. The molecule has 0 atom stereocenters. The number of aliphatic hydroxyl groups is 1. The molecule has 38 heavy (non-hydrogen) atoms. The van der Waals surface area contributed by atoms with E-state index >= 15 is 0 Å². The summed E-state index contributed by atoms with van der Waals surface area (Å²) in [6.07, 6.45) is -3.90. The molecule has 0 aliphatic heterocycles. The first-order valence-corrected chi connectivity index (χ1v) is 13.6. The normalized spacial score (nSPS) is 12.7. The van der Waals surface area contributed by atoms with E-state index in [1.165, 1.54) is 38.1 Å². The highest BCUT2D eigenvalue weighted by Crippen LogP contribution is 2.36. The van der Waals surface area contributed by atoms with Gasteiger partial charge in [-0.2, -0.15) is 18.3 Å². The van der Waals surface area contributed by atoms with E-state index in [1.807, 2.05) is 0 Å². The van der Waals surface area contributed by atoms with Crippen LogP contribution in [0.1, 0.15) is 29.9 Å². The molecule has 0 aliphatic rings. The molecule has 0 spiro atoms. The van der Waals surface area contributed by atoms with E-state index in [1.54, 1.807) is 0 Å². The summed E-state index contributed by atoms with van der Waals surface area (Å²) in [5.41, 5.74) is -2.86. The number of carbonyl (C=O) groups excluding carboxylic acids is 1. The molecule has 3 N–H and O–H groups in total. The molecule has 0 radical (unpaired) electrons. The number of fused-ring (bicyclic) bond motifs is 1. The Morgan fingerprint density at radius 1 is 1.16 bits per heavy atom. The Balaban J connectivity index is 1.73. The number of thiophene rings is 1. The third-order valence-electron chi connectivity index (χ3n) is 5.13. The van der Waals surface area contributed by atoms with Gasteiger partial charge in [-0.1, -0.05) is 35.3 Å². The SMILES string of the molecule is CC(C)(CO)NS(=O)(=O)c1cc(NC(=O)c2cnn3c(C(F)(F)F)cc(-c4ccc(Cl)cc4)nc23)c(Cl)s1. The second-order valence-corrected chi connectivity index (χ2v) is 12.7. The molecular weight excluding hydrogens is 590 g/mol. The summed E-state index contributed by atoms with van der Waals surface area (Å²) in [6, 6.07) is 7.84. The van der Waals surface area contributed by atoms with Crippen molar-refractivity contribution in [1.82, 2.24) is 19.3 Å². The highest BCUT2D eigenvalue weighted by molar-refractivity contribution is 7.91. The summed E-state index contributed by atoms with van der Waals surface area (Å²) in [6.45, 7) is 2.46. The van der Waals surface area contributed by atoms with Crippen LogP contribution in [0, 0.1) is 0 Å². The Hall–Kier alpha value is -2.75. The van der Waals surface area contributed by atoms with Gasteiger partial charge in [-0.25, -0.2) is 22.6 Å². The lowest BCUT2D eigenvalue weighted by molar-refractivity contribution is -0.142. The van der Waals surface area contributed by atoms with Gasteiger partial charge in [0, 0.05) is 10.6 Å². The summed E-state index contributed by atoms with van der Waals surface area (Å²) in [4.78, 5) is 17.3. The van der Waals surface area contributed by atoms with Gasteiger partial charge in [0.2, 0.25) is 0 Å². The van der Waals surface area contributed by atoms with Crippen molar-refractivity contribution in [2.75, 3.05) is 11.9 Å². The molecule has 0 aliphatic carbocycles. The van der Waals surface area contributed by atoms with Crippen LogP contribution in [0.4, 0.5) is 18.9 Å². The van der Waals surface area contributed by atoms with Crippen LogP contribution in [-0.2, 0) is 16.2 Å². The van der Waals surface area contributed by atoms with Crippen LogP contribution in [0.3, 0.4) is 0 Å². The molecule has 1 amide bonds. The lowest BCUT2D eigenvalue weighted by Crippen LogP contribution is -2.45. The van der Waals surface area contributed by atoms with Crippen LogP contribution in [0.25, 0.3) is 16.9 Å². The molecule has 0 unspecified atom stereocenters. The van der Waals surface area contributed by atoms with E-state index in [0.717, 1.165) is 18.3 Å². The zero-order valence-electron chi connectivity index (χ0n) is 19.5. The van der Waals surface area contributed by atoms with Crippen molar-refractivity contribution in [2.45, 2.75) is 29.8 Å². The van der Waals surface area contributed by atoms with Crippen LogP contribution in [0.5, 0.6) is 0 Å². The largest absolute Gasteiger partial charge is 0.433 e. The maximum absolute atomic E-state index is 13.8. The van der Waals surface area contributed by atoms with Gasteiger partial charge in [0.25, 0.3) is 15.9 Å². The summed E-state index contributed by atoms with van der Waals surface area (Å²) in [5.74, 6) is -0.916. The number of amides is 1. The van der Waals surface area contributed by atoms with E-state index in [4.69, 9.17) is 23.2 Å². The Bertz CT molecular complexity index is 1640. The third-order valence-corrected chi connectivity index (χ3v) is 8.91. The predicted octanol–water partition coefficient (Wildman–Crippen LogP) is 5.08. The number of alkyl halides is 3. The summed E-state index contributed by atoms with van der Waals surface area (Å²) in [5, 5.41) is 15.8. The van der Waals surface area contributed by atoms with E-state index in [-0.39, 0.29) is 31.1 Å². The van der Waals surface area contributed by atoms with Crippen molar-refractivity contribution in [3.63, 3.8) is 0 Å². The van der Waals surface area contributed by atoms with Crippen molar-refractivity contribution in [1.29, 1.82) is 0 Å². The number of carbonyl (C=O) groups is 1. The molecule has 1 aromatic carbocycles. The molecule has 0 saturated heterocycles. The molecule has 3 heterocycles. The van der Waals surface area contributed by atoms with E-state index < -0.39 is 39.9 Å².